The van der Waals surface area contributed by atoms with Crippen LogP contribution in [-0.4, -0.2) is 37.3 Å². The Labute approximate surface area is 203 Å². The molecule has 0 aromatic carbocycles. The molecule has 10 heteroatoms. The van der Waals surface area contributed by atoms with Crippen LogP contribution in [0.25, 0.3) is 0 Å². The van der Waals surface area contributed by atoms with Crippen molar-refractivity contribution >= 4 is 17.7 Å². The molecule has 0 aliphatic heterocycles. The number of nitrogens with one attached hydrogen (secondary N) is 2. The molecular formula is C25H30N6O4. The fraction of sp³-hybridized carbons (Fsp3) is 0.320. The van der Waals surface area contributed by atoms with Gasteiger partial charge >= 0.3 is 6.09 Å². The number of aromatic nitrogens is 3. The molecule has 10 nitrogen and oxygen atoms in total. The number of amides is 2. The number of hydrogen-bond acceptors (Lipinski definition) is 6. The topological polar surface area (TPSA) is 129 Å². The van der Waals surface area contributed by atoms with Crippen molar-refractivity contribution in [2.45, 2.75) is 52.7 Å². The fourth-order valence-electron chi connectivity index (χ4n) is 3.54. The van der Waals surface area contributed by atoms with Crippen molar-refractivity contribution in [2.75, 3.05) is 10.3 Å². The monoisotopic (exact) mass is 478 g/mol. The SMILES string of the molecule is Cc1ccn(NCc2cccnc2)c(=O)c1CC(=O)NCc1ccc(N(C(=O)O)C(C)(C)C)cn1. The number of nitrogens with zero attached hydrogens (tertiary/aromatic N) is 4. The van der Waals surface area contributed by atoms with Crippen LogP contribution in [0.5, 0.6) is 0 Å². The van der Waals surface area contributed by atoms with Gasteiger partial charge in [-0.3, -0.25) is 24.5 Å². The third-order valence-electron chi connectivity index (χ3n) is 5.34. The van der Waals surface area contributed by atoms with Crippen LogP contribution in [0.15, 0.2) is 59.9 Å². The number of carbonyl (C=O) groups excluding carboxylic acids is 1. The Hall–Kier alpha value is -4.21. The van der Waals surface area contributed by atoms with Gasteiger partial charge in [-0.1, -0.05) is 6.07 Å². The molecule has 2 amide bonds. The summed E-state index contributed by atoms with van der Waals surface area (Å²) < 4.78 is 1.37. The molecule has 0 bridgehead atoms. The van der Waals surface area contributed by atoms with Gasteiger partial charge in [-0.15, -0.1) is 0 Å². The van der Waals surface area contributed by atoms with E-state index in [1.54, 1.807) is 64.5 Å². The van der Waals surface area contributed by atoms with Crippen molar-refractivity contribution in [3.63, 3.8) is 0 Å². The average Bonchev–Trinajstić information content (AvgIpc) is 2.80. The Kier molecular flexibility index (Phi) is 7.85. The van der Waals surface area contributed by atoms with Crippen LogP contribution in [0.3, 0.4) is 0 Å². The van der Waals surface area contributed by atoms with E-state index in [-0.39, 0.29) is 24.4 Å². The first-order valence-corrected chi connectivity index (χ1v) is 11.1. The predicted octanol–water partition coefficient (Wildman–Crippen LogP) is 2.83. The third-order valence-corrected chi connectivity index (χ3v) is 5.34. The molecule has 3 heterocycles. The van der Waals surface area contributed by atoms with Gasteiger partial charge in [-0.05, 0) is 63.1 Å². The number of hydrogen-bond donors (Lipinski definition) is 3. The van der Waals surface area contributed by atoms with Crippen molar-refractivity contribution in [3.8, 4) is 0 Å². The minimum atomic E-state index is -1.07. The standard InChI is InChI=1S/C25H30N6O4/c1-17-9-11-30(29-14-18-6-5-10-26-13-18)23(33)21(17)12-22(32)28-15-19-7-8-20(16-27-19)31(24(34)35)25(2,3)4/h5-11,13,16,29H,12,14-15H2,1-4H3,(H,28,32)(H,34,35). The van der Waals surface area contributed by atoms with Crippen molar-refractivity contribution in [1.29, 1.82) is 0 Å². The van der Waals surface area contributed by atoms with Crippen LogP contribution < -0.4 is 21.2 Å². The number of carboxylic acid groups (broad SMARTS) is 1. The minimum Gasteiger partial charge on any atom is -0.465 e. The molecule has 0 aliphatic carbocycles. The maximum Gasteiger partial charge on any atom is 0.412 e. The van der Waals surface area contributed by atoms with Crippen LogP contribution in [0, 0.1) is 6.92 Å². The van der Waals surface area contributed by atoms with Gasteiger partial charge in [0.1, 0.15) is 0 Å². The largest absolute Gasteiger partial charge is 0.465 e. The lowest BCUT2D eigenvalue weighted by Crippen LogP contribution is -2.45. The minimum absolute atomic E-state index is 0.0744. The van der Waals surface area contributed by atoms with Crippen LogP contribution in [0.1, 0.15) is 43.2 Å². The number of carbonyl (C=O) groups is 2. The van der Waals surface area contributed by atoms with Gasteiger partial charge in [0.2, 0.25) is 5.91 Å². The summed E-state index contributed by atoms with van der Waals surface area (Å²) in [5, 5.41) is 12.3. The molecule has 35 heavy (non-hydrogen) atoms. The molecule has 0 spiro atoms. The molecule has 0 saturated carbocycles. The first-order chi connectivity index (χ1) is 16.6. The summed E-state index contributed by atoms with van der Waals surface area (Å²) in [6, 6.07) is 8.82. The molecule has 3 N–H and O–H groups in total. The quantitative estimate of drug-likeness (QED) is 0.454. The first-order valence-electron chi connectivity index (χ1n) is 11.1. The lowest BCUT2D eigenvalue weighted by Gasteiger charge is -2.32. The summed E-state index contributed by atoms with van der Waals surface area (Å²) in [6.07, 6.45) is 5.35. The number of rotatable bonds is 8. The van der Waals surface area contributed by atoms with Crippen molar-refractivity contribution in [1.82, 2.24) is 20.0 Å². The summed E-state index contributed by atoms with van der Waals surface area (Å²) in [6.45, 7) is 7.74. The summed E-state index contributed by atoms with van der Waals surface area (Å²) in [4.78, 5) is 46.7. The second kappa shape index (κ2) is 10.8. The van der Waals surface area contributed by atoms with E-state index in [9.17, 15) is 19.5 Å². The molecule has 3 aromatic rings. The normalized spacial score (nSPS) is 11.1. The second-order valence-corrected chi connectivity index (χ2v) is 9.10. The third kappa shape index (κ3) is 6.66. The van der Waals surface area contributed by atoms with Crippen molar-refractivity contribution < 1.29 is 14.7 Å². The molecule has 0 aliphatic rings. The fourth-order valence-corrected chi connectivity index (χ4v) is 3.54. The highest BCUT2D eigenvalue weighted by Crippen LogP contribution is 2.23. The van der Waals surface area contributed by atoms with Gasteiger partial charge in [0.25, 0.3) is 5.56 Å². The highest BCUT2D eigenvalue weighted by atomic mass is 16.4. The van der Waals surface area contributed by atoms with Gasteiger partial charge in [0.05, 0.1) is 37.1 Å². The molecular weight excluding hydrogens is 448 g/mol. The molecule has 0 unspecified atom stereocenters. The summed E-state index contributed by atoms with van der Waals surface area (Å²) >= 11 is 0. The van der Waals surface area contributed by atoms with Crippen LogP contribution >= 0.6 is 0 Å². The Morgan fingerprint density at radius 3 is 2.49 bits per heavy atom. The Balaban J connectivity index is 1.62. The summed E-state index contributed by atoms with van der Waals surface area (Å²) in [5.74, 6) is -0.317. The molecule has 0 fully saturated rings. The molecule has 0 radical (unpaired) electrons. The van der Waals surface area contributed by atoms with E-state index in [1.807, 2.05) is 12.1 Å². The first kappa shape index (κ1) is 25.4. The van der Waals surface area contributed by atoms with Gasteiger partial charge in [-0.2, -0.15) is 0 Å². The van der Waals surface area contributed by atoms with E-state index in [0.717, 1.165) is 11.1 Å². The lowest BCUT2D eigenvalue weighted by molar-refractivity contribution is -0.120. The van der Waals surface area contributed by atoms with Crippen LogP contribution in [-0.2, 0) is 24.3 Å². The number of aryl methyl sites for hydroxylation is 1. The van der Waals surface area contributed by atoms with Crippen molar-refractivity contribution in [2.24, 2.45) is 0 Å². The van der Waals surface area contributed by atoms with Gasteiger partial charge < -0.3 is 15.8 Å². The maximum absolute atomic E-state index is 12.9. The maximum atomic E-state index is 12.9. The molecule has 184 valence electrons. The van der Waals surface area contributed by atoms with Crippen LogP contribution in [0.4, 0.5) is 10.5 Å². The second-order valence-electron chi connectivity index (χ2n) is 9.10. The number of anilines is 1. The van der Waals surface area contributed by atoms with E-state index in [1.165, 1.54) is 15.8 Å². The van der Waals surface area contributed by atoms with E-state index in [0.29, 0.717) is 23.5 Å². The van der Waals surface area contributed by atoms with E-state index in [4.69, 9.17) is 0 Å². The van der Waals surface area contributed by atoms with Crippen LogP contribution in [0.2, 0.25) is 0 Å². The average molecular weight is 479 g/mol. The zero-order chi connectivity index (χ0) is 25.6. The van der Waals surface area contributed by atoms with Crippen molar-refractivity contribution in [3.05, 3.63) is 87.9 Å². The zero-order valence-electron chi connectivity index (χ0n) is 20.3. The van der Waals surface area contributed by atoms with E-state index < -0.39 is 11.6 Å². The molecule has 3 aromatic heterocycles. The molecule has 3 rings (SSSR count). The Morgan fingerprint density at radius 2 is 1.89 bits per heavy atom. The Morgan fingerprint density at radius 1 is 1.11 bits per heavy atom. The van der Waals surface area contributed by atoms with Gasteiger partial charge in [0.15, 0.2) is 0 Å². The van der Waals surface area contributed by atoms with E-state index >= 15 is 0 Å². The van der Waals surface area contributed by atoms with Gasteiger partial charge in [0, 0.05) is 29.7 Å². The summed E-state index contributed by atoms with van der Waals surface area (Å²) in [5.41, 5.74) is 5.18. The lowest BCUT2D eigenvalue weighted by atomic mass is 10.1. The highest BCUT2D eigenvalue weighted by Gasteiger charge is 2.28. The van der Waals surface area contributed by atoms with Gasteiger partial charge in [-0.25, -0.2) is 9.47 Å². The predicted molar refractivity (Wildman–Crippen MR) is 133 cm³/mol. The smallest absolute Gasteiger partial charge is 0.412 e. The summed E-state index contributed by atoms with van der Waals surface area (Å²) in [7, 11) is 0. The molecule has 0 saturated heterocycles. The van der Waals surface area contributed by atoms with E-state index in [2.05, 4.69) is 20.7 Å². The highest BCUT2D eigenvalue weighted by molar-refractivity contribution is 5.87. The Bertz CT molecular complexity index is 1230. The number of pyridine rings is 3. The zero-order valence-corrected chi connectivity index (χ0v) is 20.3. The molecule has 0 atom stereocenters.